The monoisotopic (exact) mass is 292 g/mol. The standard InChI is InChI=1S/C16H18F2N2O/c17-13-3-4-14(15(18)10-13)16-19-6-8-20(16)7-5-12-2-1-9-21-11-12/h3-4,6,8,10,12H,1-2,5,7,9,11H2. The molecule has 0 N–H and O–H groups in total. The Kier molecular flexibility index (Phi) is 4.29. The molecule has 0 spiro atoms. The molecule has 1 aliphatic rings. The zero-order valence-electron chi connectivity index (χ0n) is 11.8. The lowest BCUT2D eigenvalue weighted by Crippen LogP contribution is -2.19. The zero-order valence-corrected chi connectivity index (χ0v) is 11.8. The van der Waals surface area contributed by atoms with E-state index in [4.69, 9.17) is 4.74 Å². The minimum Gasteiger partial charge on any atom is -0.381 e. The first kappa shape index (κ1) is 14.2. The van der Waals surface area contributed by atoms with E-state index in [1.165, 1.54) is 18.6 Å². The molecular weight excluding hydrogens is 274 g/mol. The van der Waals surface area contributed by atoms with Gasteiger partial charge in [-0.15, -0.1) is 0 Å². The van der Waals surface area contributed by atoms with Crippen LogP contribution in [0.3, 0.4) is 0 Å². The van der Waals surface area contributed by atoms with Crippen molar-refractivity contribution in [2.45, 2.75) is 25.8 Å². The predicted molar refractivity (Wildman–Crippen MR) is 75.7 cm³/mol. The van der Waals surface area contributed by atoms with Gasteiger partial charge in [-0.05, 0) is 37.3 Å². The van der Waals surface area contributed by atoms with Crippen molar-refractivity contribution in [1.82, 2.24) is 9.55 Å². The van der Waals surface area contributed by atoms with E-state index in [1.807, 2.05) is 10.8 Å². The number of benzene rings is 1. The van der Waals surface area contributed by atoms with Gasteiger partial charge >= 0.3 is 0 Å². The lowest BCUT2D eigenvalue weighted by Gasteiger charge is -2.22. The Bertz CT molecular complexity index is 606. The summed E-state index contributed by atoms with van der Waals surface area (Å²) >= 11 is 0. The van der Waals surface area contributed by atoms with Crippen LogP contribution in [0.1, 0.15) is 19.3 Å². The molecule has 0 bridgehead atoms. The van der Waals surface area contributed by atoms with E-state index in [1.54, 1.807) is 6.20 Å². The van der Waals surface area contributed by atoms with E-state index >= 15 is 0 Å². The Morgan fingerprint density at radius 2 is 2.24 bits per heavy atom. The van der Waals surface area contributed by atoms with Gasteiger partial charge in [-0.25, -0.2) is 13.8 Å². The summed E-state index contributed by atoms with van der Waals surface area (Å²) in [5.74, 6) is -0.0616. The molecule has 1 fully saturated rings. The molecule has 0 amide bonds. The van der Waals surface area contributed by atoms with Crippen LogP contribution >= 0.6 is 0 Å². The van der Waals surface area contributed by atoms with E-state index in [-0.39, 0.29) is 0 Å². The Labute approximate surface area is 122 Å². The third-order valence-electron chi connectivity index (χ3n) is 3.92. The fourth-order valence-corrected chi connectivity index (χ4v) is 2.76. The third kappa shape index (κ3) is 3.29. The maximum Gasteiger partial charge on any atom is 0.142 e. The Morgan fingerprint density at radius 3 is 3.00 bits per heavy atom. The summed E-state index contributed by atoms with van der Waals surface area (Å²) in [5.41, 5.74) is 0.335. The number of imidazole rings is 1. The van der Waals surface area contributed by atoms with Crippen molar-refractivity contribution < 1.29 is 13.5 Å². The summed E-state index contributed by atoms with van der Waals surface area (Å²) in [5, 5.41) is 0. The fraction of sp³-hybridized carbons (Fsp3) is 0.438. The second-order valence-electron chi connectivity index (χ2n) is 5.44. The quantitative estimate of drug-likeness (QED) is 0.860. The normalized spacial score (nSPS) is 18.9. The van der Waals surface area contributed by atoms with Crippen LogP contribution in [0.15, 0.2) is 30.6 Å². The Balaban J connectivity index is 1.74. The molecule has 3 rings (SSSR count). The van der Waals surface area contributed by atoms with E-state index < -0.39 is 11.6 Å². The summed E-state index contributed by atoms with van der Waals surface area (Å²) in [6, 6.07) is 3.59. The number of hydrogen-bond acceptors (Lipinski definition) is 2. The van der Waals surface area contributed by atoms with Gasteiger partial charge in [-0.3, -0.25) is 0 Å². The molecule has 112 valence electrons. The highest BCUT2D eigenvalue weighted by atomic mass is 19.1. The number of hydrogen-bond donors (Lipinski definition) is 0. The molecule has 3 nitrogen and oxygen atoms in total. The molecule has 2 aromatic rings. The topological polar surface area (TPSA) is 27.1 Å². The van der Waals surface area contributed by atoms with Gasteiger partial charge < -0.3 is 9.30 Å². The van der Waals surface area contributed by atoms with Gasteiger partial charge in [0.15, 0.2) is 0 Å². The minimum absolute atomic E-state index is 0.335. The van der Waals surface area contributed by atoms with Crippen LogP contribution < -0.4 is 0 Å². The molecule has 0 radical (unpaired) electrons. The first-order chi connectivity index (χ1) is 10.2. The second-order valence-corrected chi connectivity index (χ2v) is 5.44. The Hall–Kier alpha value is -1.75. The highest BCUT2D eigenvalue weighted by Gasteiger charge is 2.16. The van der Waals surface area contributed by atoms with E-state index in [0.717, 1.165) is 38.7 Å². The predicted octanol–water partition coefficient (Wildman–Crippen LogP) is 3.65. The molecule has 1 aliphatic heterocycles. The number of rotatable bonds is 4. The van der Waals surface area contributed by atoms with Gasteiger partial charge in [0.2, 0.25) is 0 Å². The summed E-state index contributed by atoms with van der Waals surface area (Å²) in [7, 11) is 0. The average molecular weight is 292 g/mol. The lowest BCUT2D eigenvalue weighted by molar-refractivity contribution is 0.0501. The van der Waals surface area contributed by atoms with Gasteiger partial charge in [-0.1, -0.05) is 0 Å². The van der Waals surface area contributed by atoms with Gasteiger partial charge in [0.25, 0.3) is 0 Å². The van der Waals surface area contributed by atoms with Crippen LogP contribution in [0.2, 0.25) is 0 Å². The summed E-state index contributed by atoms with van der Waals surface area (Å²) in [4.78, 5) is 4.21. The van der Waals surface area contributed by atoms with Crippen LogP contribution in [-0.4, -0.2) is 22.8 Å². The molecule has 1 atom stereocenters. The van der Waals surface area contributed by atoms with E-state index in [9.17, 15) is 8.78 Å². The van der Waals surface area contributed by atoms with Crippen molar-refractivity contribution in [2.24, 2.45) is 5.92 Å². The van der Waals surface area contributed by atoms with Gasteiger partial charge in [0.05, 0.1) is 5.56 Å². The van der Waals surface area contributed by atoms with Crippen LogP contribution in [-0.2, 0) is 11.3 Å². The molecule has 1 aromatic heterocycles. The zero-order chi connectivity index (χ0) is 14.7. The van der Waals surface area contributed by atoms with Crippen LogP contribution in [0.25, 0.3) is 11.4 Å². The molecule has 1 unspecified atom stereocenters. The minimum atomic E-state index is -0.580. The molecule has 1 saturated heterocycles. The maximum atomic E-state index is 13.9. The highest BCUT2D eigenvalue weighted by Crippen LogP contribution is 2.24. The molecule has 5 heteroatoms. The van der Waals surface area contributed by atoms with E-state index in [2.05, 4.69) is 4.98 Å². The van der Waals surface area contributed by atoms with Crippen molar-refractivity contribution in [3.8, 4) is 11.4 Å². The van der Waals surface area contributed by atoms with Crippen LogP contribution in [0, 0.1) is 17.6 Å². The van der Waals surface area contributed by atoms with Gasteiger partial charge in [0.1, 0.15) is 17.5 Å². The molecule has 2 heterocycles. The Morgan fingerprint density at radius 1 is 1.33 bits per heavy atom. The SMILES string of the molecule is Fc1ccc(-c2nccn2CCC2CCCOC2)c(F)c1. The first-order valence-electron chi connectivity index (χ1n) is 7.28. The number of aromatic nitrogens is 2. The molecular formula is C16H18F2N2O. The van der Waals surface area contributed by atoms with Crippen molar-refractivity contribution in [2.75, 3.05) is 13.2 Å². The number of halogens is 2. The summed E-state index contributed by atoms with van der Waals surface area (Å²) < 4.78 is 34.3. The lowest BCUT2D eigenvalue weighted by atomic mass is 9.98. The number of ether oxygens (including phenoxy) is 1. The largest absolute Gasteiger partial charge is 0.381 e. The van der Waals surface area contributed by atoms with Crippen molar-refractivity contribution in [3.05, 3.63) is 42.2 Å². The molecule has 1 aromatic carbocycles. The summed E-state index contributed by atoms with van der Waals surface area (Å²) in [6.07, 6.45) is 6.74. The number of aryl methyl sites for hydroxylation is 1. The first-order valence-corrected chi connectivity index (χ1v) is 7.28. The summed E-state index contributed by atoms with van der Waals surface area (Å²) in [6.45, 7) is 2.42. The second kappa shape index (κ2) is 6.35. The van der Waals surface area contributed by atoms with Crippen LogP contribution in [0.5, 0.6) is 0 Å². The van der Waals surface area contributed by atoms with Crippen molar-refractivity contribution in [1.29, 1.82) is 0 Å². The average Bonchev–Trinajstić information content (AvgIpc) is 2.94. The van der Waals surface area contributed by atoms with Crippen molar-refractivity contribution >= 4 is 0 Å². The number of nitrogens with zero attached hydrogens (tertiary/aromatic N) is 2. The molecule has 21 heavy (non-hydrogen) atoms. The van der Waals surface area contributed by atoms with Crippen LogP contribution in [0.4, 0.5) is 8.78 Å². The highest BCUT2D eigenvalue weighted by molar-refractivity contribution is 5.56. The van der Waals surface area contributed by atoms with Gasteiger partial charge in [0, 0.05) is 38.2 Å². The smallest absolute Gasteiger partial charge is 0.142 e. The van der Waals surface area contributed by atoms with Crippen molar-refractivity contribution in [3.63, 3.8) is 0 Å². The van der Waals surface area contributed by atoms with Gasteiger partial charge in [-0.2, -0.15) is 0 Å². The van der Waals surface area contributed by atoms with E-state index in [0.29, 0.717) is 17.3 Å². The maximum absolute atomic E-state index is 13.9. The third-order valence-corrected chi connectivity index (χ3v) is 3.92. The molecule has 0 saturated carbocycles. The molecule has 0 aliphatic carbocycles. The fourth-order valence-electron chi connectivity index (χ4n) is 2.76.